The van der Waals surface area contributed by atoms with E-state index in [4.69, 9.17) is 5.26 Å². The normalized spacial score (nSPS) is 11.6. The van der Waals surface area contributed by atoms with E-state index in [1.54, 1.807) is 13.0 Å². The van der Waals surface area contributed by atoms with Crippen molar-refractivity contribution in [3.63, 3.8) is 0 Å². The van der Waals surface area contributed by atoms with Crippen molar-refractivity contribution in [2.24, 2.45) is 0 Å². The molecule has 138 valence electrons. The van der Waals surface area contributed by atoms with E-state index in [1.165, 1.54) is 12.1 Å². The molecule has 0 aliphatic carbocycles. The second kappa shape index (κ2) is 6.66. The summed E-state index contributed by atoms with van der Waals surface area (Å²) in [5.41, 5.74) is -0.949. The summed E-state index contributed by atoms with van der Waals surface area (Å²) in [5, 5.41) is 18.9. The first-order valence-electron chi connectivity index (χ1n) is 7.58. The highest BCUT2D eigenvalue weighted by Crippen LogP contribution is 2.32. The Morgan fingerprint density at radius 2 is 2.11 bits per heavy atom. The summed E-state index contributed by atoms with van der Waals surface area (Å²) in [6.45, 7) is 1.71. The molecule has 0 saturated heterocycles. The van der Waals surface area contributed by atoms with Crippen LogP contribution in [-0.2, 0) is 12.6 Å². The minimum atomic E-state index is -4.63. The number of alkyl halides is 3. The average molecular weight is 439 g/mol. The van der Waals surface area contributed by atoms with E-state index in [2.05, 4.69) is 25.9 Å². The van der Waals surface area contributed by atoms with Crippen LogP contribution in [-0.4, -0.2) is 25.3 Å². The number of benzene rings is 1. The third kappa shape index (κ3) is 3.26. The number of carbonyl (C=O) groups is 1. The van der Waals surface area contributed by atoms with E-state index in [0.717, 1.165) is 10.6 Å². The zero-order valence-electron chi connectivity index (χ0n) is 13.7. The number of hydrogen-bond acceptors (Lipinski definition) is 5. The molecule has 10 heteroatoms. The number of fused-ring (bicyclic) bond motifs is 1. The van der Waals surface area contributed by atoms with Crippen molar-refractivity contribution >= 4 is 27.5 Å². The highest BCUT2D eigenvalue weighted by atomic mass is 79.9. The van der Waals surface area contributed by atoms with Crippen molar-refractivity contribution in [2.75, 3.05) is 0 Å². The van der Waals surface area contributed by atoms with Crippen molar-refractivity contribution in [1.29, 1.82) is 5.26 Å². The van der Waals surface area contributed by atoms with Gasteiger partial charge in [0, 0.05) is 18.0 Å². The topological polar surface area (TPSA) is 91.3 Å². The van der Waals surface area contributed by atoms with Crippen LogP contribution in [0.2, 0.25) is 0 Å². The molecule has 0 aliphatic rings. The molecule has 0 saturated carbocycles. The van der Waals surface area contributed by atoms with Crippen molar-refractivity contribution in [1.82, 2.24) is 14.4 Å². The van der Waals surface area contributed by atoms with Crippen LogP contribution in [0.4, 0.5) is 13.2 Å². The van der Waals surface area contributed by atoms with Gasteiger partial charge in [0.05, 0.1) is 21.3 Å². The van der Waals surface area contributed by atoms with Crippen LogP contribution in [0.1, 0.15) is 39.8 Å². The fraction of sp³-hybridized carbons (Fsp3) is 0.176. The van der Waals surface area contributed by atoms with Gasteiger partial charge in [-0.15, -0.1) is 0 Å². The second-order valence-electron chi connectivity index (χ2n) is 5.57. The number of nitriles is 1. The molecular weight excluding hydrogens is 429 g/mol. The predicted octanol–water partition coefficient (Wildman–Crippen LogP) is 3.88. The lowest BCUT2D eigenvalue weighted by molar-refractivity contribution is -0.138. The molecule has 3 rings (SSSR count). The summed E-state index contributed by atoms with van der Waals surface area (Å²) in [6, 6.07) is 4.21. The molecule has 6 nitrogen and oxygen atoms in total. The third-order valence-electron chi connectivity index (χ3n) is 3.88. The first-order valence-corrected chi connectivity index (χ1v) is 8.38. The van der Waals surface area contributed by atoms with Crippen molar-refractivity contribution in [2.45, 2.75) is 19.5 Å². The largest absolute Gasteiger partial charge is 0.505 e. The van der Waals surface area contributed by atoms with Crippen molar-refractivity contribution < 1.29 is 23.1 Å². The number of rotatable bonds is 3. The fourth-order valence-electron chi connectivity index (χ4n) is 2.57. The lowest BCUT2D eigenvalue weighted by atomic mass is 10.0. The number of aromatic hydroxyl groups is 1. The Morgan fingerprint density at radius 3 is 2.70 bits per heavy atom. The maximum Gasteiger partial charge on any atom is 0.419 e. The zero-order valence-corrected chi connectivity index (χ0v) is 15.3. The van der Waals surface area contributed by atoms with Crippen LogP contribution >= 0.6 is 15.9 Å². The van der Waals surface area contributed by atoms with Gasteiger partial charge in [-0.25, -0.2) is 9.97 Å². The number of imidazole rings is 1. The SMILES string of the molecule is CCc1nc2ncc(C(F)(F)F)cn2c1C(=O)c1cc(Br)c(O)c(C#N)c1. The quantitative estimate of drug-likeness (QED) is 0.626. The van der Waals surface area contributed by atoms with Gasteiger partial charge in [-0.05, 0) is 34.5 Å². The summed E-state index contributed by atoms with van der Waals surface area (Å²) < 4.78 is 40.2. The van der Waals surface area contributed by atoms with Gasteiger partial charge in [-0.1, -0.05) is 6.92 Å². The molecule has 0 fully saturated rings. The van der Waals surface area contributed by atoms with Gasteiger partial charge in [0.25, 0.3) is 0 Å². The molecule has 1 aromatic carbocycles. The summed E-state index contributed by atoms with van der Waals surface area (Å²) in [5.74, 6) is -1.01. The van der Waals surface area contributed by atoms with Crippen molar-refractivity contribution in [3.8, 4) is 11.8 Å². The maximum absolute atomic E-state index is 13.0. The molecular formula is C17H10BrF3N4O2. The Balaban J connectivity index is 2.25. The Labute approximate surface area is 159 Å². The molecule has 2 aromatic heterocycles. The number of aromatic nitrogens is 3. The Bertz CT molecular complexity index is 1120. The van der Waals surface area contributed by atoms with Gasteiger partial charge < -0.3 is 5.11 Å². The molecule has 0 aliphatic heterocycles. The first kappa shape index (κ1) is 18.8. The van der Waals surface area contributed by atoms with E-state index >= 15 is 0 Å². The van der Waals surface area contributed by atoms with Crippen LogP contribution in [0.3, 0.4) is 0 Å². The molecule has 27 heavy (non-hydrogen) atoms. The molecule has 2 heterocycles. The smallest absolute Gasteiger partial charge is 0.419 e. The number of phenolic OH excluding ortho intramolecular Hbond substituents is 1. The Morgan fingerprint density at radius 1 is 1.41 bits per heavy atom. The van der Waals surface area contributed by atoms with Gasteiger partial charge in [0.2, 0.25) is 11.6 Å². The first-order chi connectivity index (χ1) is 12.7. The number of aryl methyl sites for hydroxylation is 1. The standard InChI is InChI=1S/C17H10BrF3N4O2/c1-2-12-13(15(27)8-3-9(5-22)14(26)11(18)4-8)25-7-10(17(19,20)21)6-23-16(25)24-12/h3-4,6-7,26H,2H2,1H3. The molecule has 1 N–H and O–H groups in total. The minimum Gasteiger partial charge on any atom is -0.505 e. The third-order valence-corrected chi connectivity index (χ3v) is 4.48. The van der Waals surface area contributed by atoms with Gasteiger partial charge >= 0.3 is 6.18 Å². The maximum atomic E-state index is 13.0. The van der Waals surface area contributed by atoms with Gasteiger partial charge in [0.1, 0.15) is 17.5 Å². The minimum absolute atomic E-state index is 0.0186. The molecule has 0 unspecified atom stereocenters. The van der Waals surface area contributed by atoms with Gasteiger partial charge in [-0.2, -0.15) is 18.4 Å². The number of phenols is 1. The molecule has 3 aromatic rings. The monoisotopic (exact) mass is 438 g/mol. The van der Waals surface area contributed by atoms with Crippen LogP contribution in [0.15, 0.2) is 29.0 Å². The predicted molar refractivity (Wildman–Crippen MR) is 91.3 cm³/mol. The van der Waals surface area contributed by atoms with Gasteiger partial charge in [-0.3, -0.25) is 9.20 Å². The molecule has 0 radical (unpaired) electrons. The van der Waals surface area contributed by atoms with Crippen LogP contribution in [0, 0.1) is 11.3 Å². The molecule has 0 amide bonds. The molecule has 0 atom stereocenters. The van der Waals surface area contributed by atoms with Gasteiger partial charge in [0.15, 0.2) is 0 Å². The number of ketones is 1. The van der Waals surface area contributed by atoms with E-state index in [9.17, 15) is 23.1 Å². The highest BCUT2D eigenvalue weighted by molar-refractivity contribution is 9.10. The van der Waals surface area contributed by atoms with Crippen LogP contribution in [0.25, 0.3) is 5.78 Å². The highest BCUT2D eigenvalue weighted by Gasteiger charge is 2.32. The lowest BCUT2D eigenvalue weighted by Crippen LogP contribution is -2.12. The molecule has 0 bridgehead atoms. The van der Waals surface area contributed by atoms with E-state index < -0.39 is 17.5 Å². The van der Waals surface area contributed by atoms with E-state index in [-0.39, 0.29) is 44.9 Å². The number of halogens is 4. The van der Waals surface area contributed by atoms with Crippen LogP contribution < -0.4 is 0 Å². The van der Waals surface area contributed by atoms with E-state index in [1.807, 2.05) is 0 Å². The fourth-order valence-corrected chi connectivity index (χ4v) is 3.03. The number of hydrogen-bond donors (Lipinski definition) is 1. The molecule has 0 spiro atoms. The number of nitrogens with zero attached hydrogens (tertiary/aromatic N) is 4. The van der Waals surface area contributed by atoms with E-state index in [0.29, 0.717) is 6.20 Å². The lowest BCUT2D eigenvalue weighted by Gasteiger charge is -2.09. The summed E-state index contributed by atoms with van der Waals surface area (Å²) in [4.78, 5) is 20.8. The summed E-state index contributed by atoms with van der Waals surface area (Å²) >= 11 is 3.06. The zero-order chi connectivity index (χ0) is 19.9. The second-order valence-corrected chi connectivity index (χ2v) is 6.42. The summed E-state index contributed by atoms with van der Waals surface area (Å²) in [7, 11) is 0. The Hall–Kier alpha value is -2.93. The summed E-state index contributed by atoms with van der Waals surface area (Å²) in [6.07, 6.45) is -2.92. The average Bonchev–Trinajstić information content (AvgIpc) is 3.00. The Kier molecular flexibility index (Phi) is 4.65. The van der Waals surface area contributed by atoms with Crippen LogP contribution in [0.5, 0.6) is 5.75 Å². The van der Waals surface area contributed by atoms with Crippen molar-refractivity contribution in [3.05, 3.63) is 57.1 Å². The number of carbonyl (C=O) groups excluding carboxylic acids is 1.